The first-order valence-electron chi connectivity index (χ1n) is 6.30. The number of hydrogen-bond donors (Lipinski definition) is 1. The highest BCUT2D eigenvalue weighted by molar-refractivity contribution is 9.10. The zero-order valence-electron chi connectivity index (χ0n) is 11.2. The molecule has 0 aliphatic carbocycles. The molecule has 2 atom stereocenters. The average Bonchev–Trinajstić information content (AvgIpc) is 2.69. The Bertz CT molecular complexity index is 498. The average molecular weight is 324 g/mol. The van der Waals surface area contributed by atoms with Crippen molar-refractivity contribution in [1.29, 1.82) is 5.26 Å². The predicted molar refractivity (Wildman–Crippen MR) is 79.2 cm³/mol. The number of likely N-dealkylation sites (N-methyl/N-ethyl adjacent to an activating group) is 1. The second kappa shape index (κ2) is 5.91. The van der Waals surface area contributed by atoms with Crippen LogP contribution in [0.3, 0.4) is 0 Å². The normalized spacial score (nSPS) is 22.8. The number of aliphatic hydroxyl groups excluding tert-OH is 1. The number of anilines is 1. The van der Waals surface area contributed by atoms with Crippen LogP contribution in [0.4, 0.5) is 5.69 Å². The Balaban J connectivity index is 2.24. The fourth-order valence-corrected chi connectivity index (χ4v) is 3.03. The summed E-state index contributed by atoms with van der Waals surface area (Å²) < 4.78 is 0.803. The minimum atomic E-state index is -0.278. The predicted octanol–water partition coefficient (Wildman–Crippen LogP) is 1.82. The Morgan fingerprint density at radius 1 is 1.53 bits per heavy atom. The van der Waals surface area contributed by atoms with Gasteiger partial charge in [0.2, 0.25) is 0 Å². The van der Waals surface area contributed by atoms with Gasteiger partial charge in [-0.05, 0) is 54.6 Å². The summed E-state index contributed by atoms with van der Waals surface area (Å²) in [5.74, 6) is 0. The van der Waals surface area contributed by atoms with Gasteiger partial charge in [-0.2, -0.15) is 5.26 Å². The van der Waals surface area contributed by atoms with Gasteiger partial charge in [-0.1, -0.05) is 0 Å². The van der Waals surface area contributed by atoms with Gasteiger partial charge in [0, 0.05) is 29.3 Å². The van der Waals surface area contributed by atoms with Crippen LogP contribution in [0.2, 0.25) is 0 Å². The van der Waals surface area contributed by atoms with Gasteiger partial charge >= 0.3 is 0 Å². The molecule has 0 bridgehead atoms. The zero-order valence-corrected chi connectivity index (χ0v) is 12.8. The van der Waals surface area contributed by atoms with Crippen molar-refractivity contribution < 1.29 is 5.11 Å². The van der Waals surface area contributed by atoms with Crippen LogP contribution in [0.5, 0.6) is 0 Å². The molecule has 1 N–H and O–H groups in total. The Labute approximate surface area is 122 Å². The van der Waals surface area contributed by atoms with E-state index in [0.717, 1.165) is 23.1 Å². The van der Waals surface area contributed by atoms with E-state index in [9.17, 15) is 5.11 Å². The molecular weight excluding hydrogens is 306 g/mol. The molecule has 0 spiro atoms. The highest BCUT2D eigenvalue weighted by atomic mass is 79.9. The van der Waals surface area contributed by atoms with Gasteiger partial charge in [-0.3, -0.25) is 0 Å². The van der Waals surface area contributed by atoms with E-state index in [4.69, 9.17) is 5.26 Å². The van der Waals surface area contributed by atoms with Gasteiger partial charge in [-0.15, -0.1) is 0 Å². The molecule has 1 aromatic carbocycles. The van der Waals surface area contributed by atoms with Crippen molar-refractivity contribution in [3.63, 3.8) is 0 Å². The van der Waals surface area contributed by atoms with Crippen LogP contribution < -0.4 is 4.90 Å². The lowest BCUT2D eigenvalue weighted by molar-refractivity contribution is 0.191. The molecule has 19 heavy (non-hydrogen) atoms. The standard InChI is InChI=1S/C14H18BrN3O/c1-17(2)8-12-5-13(19)9-18(12)11-4-3-10(7-16)14(15)6-11/h3-4,6,12-13,19H,5,8-9H2,1-2H3. The van der Waals surface area contributed by atoms with Gasteiger partial charge in [0.05, 0.1) is 11.7 Å². The second-order valence-electron chi connectivity index (χ2n) is 5.23. The van der Waals surface area contributed by atoms with Crippen molar-refractivity contribution in [2.75, 3.05) is 32.1 Å². The summed E-state index contributed by atoms with van der Waals surface area (Å²) in [5.41, 5.74) is 1.68. The molecule has 2 rings (SSSR count). The Kier molecular flexibility index (Phi) is 4.46. The molecule has 0 aromatic heterocycles. The maximum atomic E-state index is 9.89. The molecule has 2 unspecified atom stereocenters. The molecule has 0 radical (unpaired) electrons. The van der Waals surface area contributed by atoms with Gasteiger partial charge in [-0.25, -0.2) is 0 Å². The quantitative estimate of drug-likeness (QED) is 0.921. The minimum absolute atomic E-state index is 0.278. The summed E-state index contributed by atoms with van der Waals surface area (Å²) in [4.78, 5) is 4.35. The lowest BCUT2D eigenvalue weighted by Crippen LogP contribution is -2.37. The van der Waals surface area contributed by atoms with E-state index in [1.54, 1.807) is 0 Å². The topological polar surface area (TPSA) is 50.5 Å². The number of aliphatic hydroxyl groups is 1. The molecule has 1 aliphatic rings. The first-order valence-corrected chi connectivity index (χ1v) is 7.09. The molecule has 5 heteroatoms. The third-order valence-electron chi connectivity index (χ3n) is 3.37. The highest BCUT2D eigenvalue weighted by Crippen LogP contribution is 2.29. The monoisotopic (exact) mass is 323 g/mol. The Morgan fingerprint density at radius 2 is 2.26 bits per heavy atom. The molecule has 1 aromatic rings. The molecule has 1 aliphatic heterocycles. The number of nitriles is 1. The smallest absolute Gasteiger partial charge is 0.100 e. The number of hydrogen-bond acceptors (Lipinski definition) is 4. The number of rotatable bonds is 3. The summed E-state index contributed by atoms with van der Waals surface area (Å²) in [7, 11) is 4.08. The summed E-state index contributed by atoms with van der Waals surface area (Å²) in [6, 6.07) is 8.17. The molecule has 0 amide bonds. The maximum absolute atomic E-state index is 9.89. The fourth-order valence-electron chi connectivity index (χ4n) is 2.58. The molecule has 1 saturated heterocycles. The van der Waals surface area contributed by atoms with Crippen molar-refractivity contribution in [3.8, 4) is 6.07 Å². The third-order valence-corrected chi connectivity index (χ3v) is 4.03. The number of halogens is 1. The van der Waals surface area contributed by atoms with Gasteiger partial charge < -0.3 is 14.9 Å². The van der Waals surface area contributed by atoms with Crippen LogP contribution in [0.15, 0.2) is 22.7 Å². The first kappa shape index (κ1) is 14.3. The van der Waals surface area contributed by atoms with Crippen molar-refractivity contribution in [3.05, 3.63) is 28.2 Å². The van der Waals surface area contributed by atoms with Crippen molar-refractivity contribution in [1.82, 2.24) is 4.90 Å². The summed E-state index contributed by atoms with van der Waals surface area (Å²) >= 11 is 3.42. The van der Waals surface area contributed by atoms with Gasteiger partial charge in [0.25, 0.3) is 0 Å². The maximum Gasteiger partial charge on any atom is 0.100 e. The van der Waals surface area contributed by atoms with Crippen LogP contribution in [-0.4, -0.2) is 49.3 Å². The van der Waals surface area contributed by atoms with E-state index in [0.29, 0.717) is 18.2 Å². The SMILES string of the molecule is CN(C)CC1CC(O)CN1c1ccc(C#N)c(Br)c1. The molecule has 1 fully saturated rings. The zero-order chi connectivity index (χ0) is 14.0. The van der Waals surface area contributed by atoms with Crippen molar-refractivity contribution in [2.45, 2.75) is 18.6 Å². The Morgan fingerprint density at radius 3 is 2.84 bits per heavy atom. The van der Waals surface area contributed by atoms with Crippen LogP contribution >= 0.6 is 15.9 Å². The molecule has 102 valence electrons. The first-order chi connectivity index (χ1) is 9.01. The fraction of sp³-hybridized carbons (Fsp3) is 0.500. The van der Waals surface area contributed by atoms with Crippen LogP contribution in [0, 0.1) is 11.3 Å². The van der Waals surface area contributed by atoms with Crippen molar-refractivity contribution >= 4 is 21.6 Å². The molecule has 4 nitrogen and oxygen atoms in total. The largest absolute Gasteiger partial charge is 0.391 e. The van der Waals surface area contributed by atoms with E-state index >= 15 is 0 Å². The molecule has 1 heterocycles. The van der Waals surface area contributed by atoms with E-state index in [1.807, 2.05) is 32.3 Å². The van der Waals surface area contributed by atoms with Crippen molar-refractivity contribution in [2.24, 2.45) is 0 Å². The van der Waals surface area contributed by atoms with E-state index in [-0.39, 0.29) is 6.10 Å². The molecular formula is C14H18BrN3O. The van der Waals surface area contributed by atoms with Gasteiger partial charge in [0.15, 0.2) is 0 Å². The lowest BCUT2D eigenvalue weighted by Gasteiger charge is -2.29. The summed E-state index contributed by atoms with van der Waals surface area (Å²) in [5, 5.41) is 18.8. The molecule has 0 saturated carbocycles. The van der Waals surface area contributed by atoms with Crippen LogP contribution in [0.25, 0.3) is 0 Å². The van der Waals surface area contributed by atoms with E-state index in [2.05, 4.69) is 31.8 Å². The second-order valence-corrected chi connectivity index (χ2v) is 6.09. The third kappa shape index (κ3) is 3.27. The van der Waals surface area contributed by atoms with E-state index in [1.165, 1.54) is 0 Å². The number of β-amino-alcohol motifs (C(OH)–C–C–N with tert-alkyl or cyclic N) is 1. The summed E-state index contributed by atoms with van der Waals surface area (Å²) in [6.07, 6.45) is 0.509. The number of benzene rings is 1. The van der Waals surface area contributed by atoms with Crippen LogP contribution in [-0.2, 0) is 0 Å². The van der Waals surface area contributed by atoms with Gasteiger partial charge in [0.1, 0.15) is 6.07 Å². The van der Waals surface area contributed by atoms with E-state index < -0.39 is 0 Å². The summed E-state index contributed by atoms with van der Waals surface area (Å²) in [6.45, 7) is 1.56. The minimum Gasteiger partial charge on any atom is -0.391 e. The lowest BCUT2D eigenvalue weighted by atomic mass is 10.1. The van der Waals surface area contributed by atoms with Crippen LogP contribution in [0.1, 0.15) is 12.0 Å². The Hall–Kier alpha value is -1.09. The highest BCUT2D eigenvalue weighted by Gasteiger charge is 2.31. The number of nitrogens with zero attached hydrogens (tertiary/aromatic N) is 3.